The third kappa shape index (κ3) is 2.97. The number of esters is 1. The van der Waals surface area contributed by atoms with Gasteiger partial charge in [-0.2, -0.15) is 0 Å². The molecular formula is C18H15NO2S. The van der Waals surface area contributed by atoms with Crippen molar-refractivity contribution in [3.63, 3.8) is 0 Å². The predicted octanol–water partition coefficient (Wildman–Crippen LogP) is 4.06. The van der Waals surface area contributed by atoms with Crippen molar-refractivity contribution in [1.82, 2.24) is 0 Å². The van der Waals surface area contributed by atoms with Gasteiger partial charge in [0.05, 0.1) is 0 Å². The summed E-state index contributed by atoms with van der Waals surface area (Å²) in [6.45, 7) is 1.97. The molecule has 3 nitrogen and oxygen atoms in total. The van der Waals surface area contributed by atoms with Gasteiger partial charge in [-0.3, -0.25) is 0 Å². The van der Waals surface area contributed by atoms with E-state index in [1.165, 1.54) is 4.90 Å². The molecule has 0 N–H and O–H groups in total. The molecule has 1 aliphatic rings. The van der Waals surface area contributed by atoms with Crippen molar-refractivity contribution in [2.45, 2.75) is 11.8 Å². The van der Waals surface area contributed by atoms with Gasteiger partial charge in [0, 0.05) is 10.5 Å². The van der Waals surface area contributed by atoms with Gasteiger partial charge >= 0.3 is 5.97 Å². The topological polar surface area (TPSA) is 38.7 Å². The van der Waals surface area contributed by atoms with Crippen molar-refractivity contribution in [3.8, 4) is 0 Å². The van der Waals surface area contributed by atoms with Crippen LogP contribution in [-0.2, 0) is 9.53 Å². The molecule has 0 saturated carbocycles. The number of aryl methyl sites for hydroxylation is 1. The van der Waals surface area contributed by atoms with Crippen LogP contribution in [-0.4, -0.2) is 18.1 Å². The molecule has 0 atom stereocenters. The van der Waals surface area contributed by atoms with Gasteiger partial charge in [-0.1, -0.05) is 30.3 Å². The molecule has 0 saturated heterocycles. The number of cyclic esters (lactones) is 1. The second kappa shape index (κ2) is 6.20. The fraction of sp³-hybridized carbons (Fsp3) is 0.111. The van der Waals surface area contributed by atoms with Crippen LogP contribution in [0.4, 0.5) is 0 Å². The Morgan fingerprint density at radius 3 is 2.50 bits per heavy atom. The summed E-state index contributed by atoms with van der Waals surface area (Å²) in [6, 6.07) is 15.7. The maximum atomic E-state index is 12.0. The van der Waals surface area contributed by atoms with Crippen molar-refractivity contribution in [2.24, 2.45) is 4.99 Å². The lowest BCUT2D eigenvalue weighted by Crippen LogP contribution is -2.06. The number of benzene rings is 2. The Labute approximate surface area is 133 Å². The Morgan fingerprint density at radius 1 is 1.09 bits per heavy atom. The monoisotopic (exact) mass is 309 g/mol. The zero-order valence-electron chi connectivity index (χ0n) is 12.4. The fourth-order valence-corrected chi connectivity index (χ4v) is 2.60. The van der Waals surface area contributed by atoms with E-state index in [2.05, 4.69) is 4.99 Å². The van der Waals surface area contributed by atoms with Crippen molar-refractivity contribution >= 4 is 29.7 Å². The smallest absolute Gasteiger partial charge is 0.363 e. The summed E-state index contributed by atoms with van der Waals surface area (Å²) in [5, 5.41) is 0. The SMILES string of the molecule is CSc1ccc(/C=C2\N=C(c3ccccc3C)OC2=O)cc1. The predicted molar refractivity (Wildman–Crippen MR) is 90.0 cm³/mol. The van der Waals surface area contributed by atoms with E-state index in [-0.39, 0.29) is 0 Å². The molecule has 4 heteroatoms. The highest BCUT2D eigenvalue weighted by Crippen LogP contribution is 2.22. The third-order valence-corrected chi connectivity index (χ3v) is 4.16. The number of carbonyl (C=O) groups is 1. The molecule has 3 rings (SSSR count). The number of ether oxygens (including phenoxy) is 1. The maximum Gasteiger partial charge on any atom is 0.363 e. The minimum atomic E-state index is -0.410. The van der Waals surface area contributed by atoms with Crippen LogP contribution in [0.2, 0.25) is 0 Å². The highest BCUT2D eigenvalue weighted by Gasteiger charge is 2.24. The Bertz CT molecular complexity index is 776. The number of rotatable bonds is 3. The molecule has 0 spiro atoms. The van der Waals surface area contributed by atoms with E-state index in [9.17, 15) is 4.79 Å². The lowest BCUT2D eigenvalue weighted by atomic mass is 10.1. The Hall–Kier alpha value is -2.33. The van der Waals surface area contributed by atoms with Crippen LogP contribution in [0.25, 0.3) is 6.08 Å². The van der Waals surface area contributed by atoms with E-state index in [0.29, 0.717) is 11.6 Å². The van der Waals surface area contributed by atoms with E-state index in [4.69, 9.17) is 4.74 Å². The van der Waals surface area contributed by atoms with Crippen molar-refractivity contribution in [2.75, 3.05) is 6.26 Å². The van der Waals surface area contributed by atoms with Gasteiger partial charge in [-0.25, -0.2) is 9.79 Å². The molecule has 0 amide bonds. The number of nitrogens with zero attached hydrogens (tertiary/aromatic N) is 1. The highest BCUT2D eigenvalue weighted by molar-refractivity contribution is 7.98. The number of carbonyl (C=O) groups excluding carboxylic acids is 1. The summed E-state index contributed by atoms with van der Waals surface area (Å²) in [5.74, 6) is -0.0396. The summed E-state index contributed by atoms with van der Waals surface area (Å²) in [6.07, 6.45) is 3.78. The standard InChI is InChI=1S/C18H15NO2S/c1-12-5-3-4-6-15(12)17-19-16(18(20)21-17)11-13-7-9-14(22-2)10-8-13/h3-11H,1-2H3/b16-11-. The lowest BCUT2D eigenvalue weighted by molar-refractivity contribution is -0.129. The van der Waals surface area contributed by atoms with Gasteiger partial charge in [-0.15, -0.1) is 11.8 Å². The number of thioether (sulfide) groups is 1. The first kappa shape index (κ1) is 14.6. The molecule has 0 fully saturated rings. The normalized spacial score (nSPS) is 15.8. The minimum absolute atomic E-state index is 0.329. The van der Waals surface area contributed by atoms with Gasteiger partial charge < -0.3 is 4.74 Å². The van der Waals surface area contributed by atoms with Gasteiger partial charge in [0.2, 0.25) is 5.90 Å². The second-order valence-corrected chi connectivity index (χ2v) is 5.80. The van der Waals surface area contributed by atoms with E-state index in [0.717, 1.165) is 16.7 Å². The fourth-order valence-electron chi connectivity index (χ4n) is 2.20. The van der Waals surface area contributed by atoms with Crippen LogP contribution >= 0.6 is 11.8 Å². The van der Waals surface area contributed by atoms with Crippen molar-refractivity contribution in [3.05, 3.63) is 70.9 Å². The van der Waals surface area contributed by atoms with Crippen LogP contribution in [0.3, 0.4) is 0 Å². The molecule has 0 bridgehead atoms. The highest BCUT2D eigenvalue weighted by atomic mass is 32.2. The molecule has 0 aliphatic carbocycles. The zero-order valence-corrected chi connectivity index (χ0v) is 13.2. The lowest BCUT2D eigenvalue weighted by Gasteiger charge is -2.02. The first-order valence-corrected chi connectivity index (χ1v) is 8.12. The van der Waals surface area contributed by atoms with Gasteiger partial charge in [0.1, 0.15) is 0 Å². The van der Waals surface area contributed by atoms with E-state index < -0.39 is 5.97 Å². The van der Waals surface area contributed by atoms with Gasteiger partial charge in [0.15, 0.2) is 5.70 Å². The summed E-state index contributed by atoms with van der Waals surface area (Å²) in [5.41, 5.74) is 3.13. The molecule has 1 heterocycles. The summed E-state index contributed by atoms with van der Waals surface area (Å²) in [7, 11) is 0. The third-order valence-electron chi connectivity index (χ3n) is 3.42. The summed E-state index contributed by atoms with van der Waals surface area (Å²) < 4.78 is 5.30. The van der Waals surface area contributed by atoms with Crippen molar-refractivity contribution < 1.29 is 9.53 Å². The number of aliphatic imine (C=N–C) groups is 1. The first-order chi connectivity index (χ1) is 10.7. The van der Waals surface area contributed by atoms with Gasteiger partial charge in [-0.05, 0) is 48.6 Å². The minimum Gasteiger partial charge on any atom is -0.402 e. The van der Waals surface area contributed by atoms with Crippen LogP contribution in [0.15, 0.2) is 64.1 Å². The maximum absolute atomic E-state index is 12.0. The van der Waals surface area contributed by atoms with Crippen LogP contribution in [0.1, 0.15) is 16.7 Å². The van der Waals surface area contributed by atoms with Crippen LogP contribution in [0, 0.1) is 6.92 Å². The molecule has 110 valence electrons. The summed E-state index contributed by atoms with van der Waals surface area (Å²) >= 11 is 1.68. The molecule has 2 aromatic rings. The molecule has 22 heavy (non-hydrogen) atoms. The average Bonchev–Trinajstić information content (AvgIpc) is 2.89. The molecular weight excluding hydrogens is 294 g/mol. The summed E-state index contributed by atoms with van der Waals surface area (Å²) in [4.78, 5) is 17.5. The second-order valence-electron chi connectivity index (χ2n) is 4.92. The molecule has 0 radical (unpaired) electrons. The quantitative estimate of drug-likeness (QED) is 0.487. The van der Waals surface area contributed by atoms with E-state index >= 15 is 0 Å². The number of hydrogen-bond acceptors (Lipinski definition) is 4. The number of hydrogen-bond donors (Lipinski definition) is 0. The molecule has 0 aromatic heterocycles. The van der Waals surface area contributed by atoms with E-state index in [1.54, 1.807) is 17.8 Å². The molecule has 0 unspecified atom stereocenters. The first-order valence-electron chi connectivity index (χ1n) is 6.90. The largest absolute Gasteiger partial charge is 0.402 e. The Kier molecular flexibility index (Phi) is 4.11. The Balaban J connectivity index is 1.92. The molecule has 2 aromatic carbocycles. The van der Waals surface area contributed by atoms with Crippen LogP contribution in [0.5, 0.6) is 0 Å². The van der Waals surface area contributed by atoms with Gasteiger partial charge in [0.25, 0.3) is 0 Å². The Morgan fingerprint density at radius 2 is 1.82 bits per heavy atom. The van der Waals surface area contributed by atoms with Crippen molar-refractivity contribution in [1.29, 1.82) is 0 Å². The zero-order chi connectivity index (χ0) is 15.5. The molecule has 1 aliphatic heterocycles. The van der Waals surface area contributed by atoms with Crippen LogP contribution < -0.4 is 0 Å². The van der Waals surface area contributed by atoms with E-state index in [1.807, 2.05) is 61.7 Å². The average molecular weight is 309 g/mol.